The Morgan fingerprint density at radius 1 is 1.09 bits per heavy atom. The normalized spacial score (nSPS) is 12.0. The topological polar surface area (TPSA) is 20.3 Å². The van der Waals surface area contributed by atoms with Crippen LogP contribution >= 0.6 is 0 Å². The van der Waals surface area contributed by atoms with Crippen LogP contribution in [-0.4, -0.2) is 17.9 Å². The fraction of sp³-hybridized carbons (Fsp3) is 0.278. The zero-order chi connectivity index (χ0) is 16.3. The predicted octanol–water partition coefficient (Wildman–Crippen LogP) is 4.36. The summed E-state index contributed by atoms with van der Waals surface area (Å²) in [4.78, 5) is 14.0. The van der Waals surface area contributed by atoms with Crippen LogP contribution in [0.1, 0.15) is 41.4 Å². The lowest BCUT2D eigenvalue weighted by atomic mass is 10.0. The average Bonchev–Trinajstić information content (AvgIpc) is 2.55. The Hall–Kier alpha value is -2.23. The highest BCUT2D eigenvalue weighted by molar-refractivity contribution is 5.94. The standard InChI is InChI=1S/C18H19F2NO/c1-4-13-5-7-14(8-6-13)18(22)21(3)12(2)15-9-10-16(19)17(20)11-15/h5-12H,4H2,1-3H3. The van der Waals surface area contributed by atoms with Crippen molar-refractivity contribution in [2.24, 2.45) is 0 Å². The first-order chi connectivity index (χ1) is 10.4. The number of amides is 1. The van der Waals surface area contributed by atoms with E-state index < -0.39 is 11.6 Å². The zero-order valence-electron chi connectivity index (χ0n) is 12.9. The lowest BCUT2D eigenvalue weighted by Gasteiger charge is -2.25. The quantitative estimate of drug-likeness (QED) is 0.822. The Labute approximate surface area is 129 Å². The fourth-order valence-corrected chi connectivity index (χ4v) is 2.26. The maximum Gasteiger partial charge on any atom is 0.254 e. The average molecular weight is 303 g/mol. The van der Waals surface area contributed by atoms with Gasteiger partial charge in [-0.25, -0.2) is 8.78 Å². The molecule has 1 unspecified atom stereocenters. The lowest BCUT2D eigenvalue weighted by Crippen LogP contribution is -2.29. The van der Waals surface area contributed by atoms with Crippen LogP contribution < -0.4 is 0 Å². The summed E-state index contributed by atoms with van der Waals surface area (Å²) in [5, 5.41) is 0. The SMILES string of the molecule is CCc1ccc(C(=O)N(C)C(C)c2ccc(F)c(F)c2)cc1. The van der Waals surface area contributed by atoms with Gasteiger partial charge in [-0.1, -0.05) is 25.1 Å². The third kappa shape index (κ3) is 3.32. The molecular weight excluding hydrogens is 284 g/mol. The molecule has 22 heavy (non-hydrogen) atoms. The highest BCUT2D eigenvalue weighted by Gasteiger charge is 2.19. The molecule has 0 aliphatic heterocycles. The van der Waals surface area contributed by atoms with Gasteiger partial charge in [-0.05, 0) is 48.7 Å². The first-order valence-electron chi connectivity index (χ1n) is 7.25. The van der Waals surface area contributed by atoms with Gasteiger partial charge in [0.15, 0.2) is 11.6 Å². The number of nitrogens with zero attached hydrogens (tertiary/aromatic N) is 1. The van der Waals surface area contributed by atoms with E-state index in [4.69, 9.17) is 0 Å². The van der Waals surface area contributed by atoms with Gasteiger partial charge in [0, 0.05) is 12.6 Å². The van der Waals surface area contributed by atoms with Gasteiger partial charge in [-0.15, -0.1) is 0 Å². The Balaban J connectivity index is 2.19. The highest BCUT2D eigenvalue weighted by atomic mass is 19.2. The second-order valence-electron chi connectivity index (χ2n) is 5.32. The van der Waals surface area contributed by atoms with Gasteiger partial charge in [0.1, 0.15) is 0 Å². The molecule has 0 saturated carbocycles. The Kier molecular flexibility index (Phi) is 4.91. The third-order valence-corrected chi connectivity index (χ3v) is 3.94. The number of hydrogen-bond donors (Lipinski definition) is 0. The summed E-state index contributed by atoms with van der Waals surface area (Å²) in [6.07, 6.45) is 0.912. The van der Waals surface area contributed by atoms with E-state index in [1.165, 1.54) is 11.0 Å². The van der Waals surface area contributed by atoms with Gasteiger partial charge in [-0.2, -0.15) is 0 Å². The van der Waals surface area contributed by atoms with Crippen molar-refractivity contribution in [2.45, 2.75) is 26.3 Å². The first kappa shape index (κ1) is 16.1. The van der Waals surface area contributed by atoms with Crippen LogP contribution in [0, 0.1) is 11.6 Å². The summed E-state index contributed by atoms with van der Waals surface area (Å²) in [6, 6.07) is 10.8. The van der Waals surface area contributed by atoms with Crippen molar-refractivity contribution in [1.29, 1.82) is 0 Å². The maximum absolute atomic E-state index is 13.3. The summed E-state index contributed by atoms with van der Waals surface area (Å²) in [5.41, 5.74) is 2.29. The molecular formula is C18H19F2NO. The molecule has 0 heterocycles. The van der Waals surface area contributed by atoms with E-state index in [2.05, 4.69) is 0 Å². The molecule has 0 aliphatic rings. The highest BCUT2D eigenvalue weighted by Crippen LogP contribution is 2.22. The van der Waals surface area contributed by atoms with Crippen LogP contribution in [0.3, 0.4) is 0 Å². The summed E-state index contributed by atoms with van der Waals surface area (Å²) >= 11 is 0. The number of halogens is 2. The third-order valence-electron chi connectivity index (χ3n) is 3.94. The number of aryl methyl sites for hydroxylation is 1. The van der Waals surface area contributed by atoms with E-state index in [1.807, 2.05) is 19.1 Å². The van der Waals surface area contributed by atoms with Crippen molar-refractivity contribution in [3.05, 3.63) is 70.8 Å². The Bertz CT molecular complexity index is 667. The van der Waals surface area contributed by atoms with E-state index in [9.17, 15) is 13.6 Å². The summed E-state index contributed by atoms with van der Waals surface area (Å²) in [6.45, 7) is 3.83. The van der Waals surface area contributed by atoms with Gasteiger partial charge in [0.05, 0.1) is 6.04 Å². The second-order valence-corrected chi connectivity index (χ2v) is 5.32. The predicted molar refractivity (Wildman–Crippen MR) is 82.7 cm³/mol. The van der Waals surface area contributed by atoms with Gasteiger partial charge >= 0.3 is 0 Å². The molecule has 0 radical (unpaired) electrons. The Morgan fingerprint density at radius 3 is 2.27 bits per heavy atom. The molecule has 0 aliphatic carbocycles. The summed E-state index contributed by atoms with van der Waals surface area (Å²) in [7, 11) is 1.65. The minimum atomic E-state index is -0.905. The molecule has 2 rings (SSSR count). The smallest absolute Gasteiger partial charge is 0.254 e. The number of benzene rings is 2. The van der Waals surface area contributed by atoms with E-state index in [0.717, 1.165) is 24.1 Å². The van der Waals surface area contributed by atoms with Gasteiger partial charge < -0.3 is 4.90 Å². The minimum Gasteiger partial charge on any atom is -0.335 e. The summed E-state index contributed by atoms with van der Waals surface area (Å²) in [5.74, 6) is -1.95. The molecule has 2 nitrogen and oxygen atoms in total. The van der Waals surface area contributed by atoms with E-state index in [0.29, 0.717) is 11.1 Å². The second kappa shape index (κ2) is 6.69. The number of hydrogen-bond acceptors (Lipinski definition) is 1. The molecule has 2 aromatic rings. The lowest BCUT2D eigenvalue weighted by molar-refractivity contribution is 0.0742. The van der Waals surface area contributed by atoms with E-state index >= 15 is 0 Å². The van der Waals surface area contributed by atoms with Crippen LogP contribution in [-0.2, 0) is 6.42 Å². The van der Waals surface area contributed by atoms with Crippen LogP contribution in [0.15, 0.2) is 42.5 Å². The van der Waals surface area contributed by atoms with Crippen LogP contribution in [0.2, 0.25) is 0 Å². The van der Waals surface area contributed by atoms with Gasteiger partial charge in [-0.3, -0.25) is 4.79 Å². The molecule has 1 atom stereocenters. The van der Waals surface area contributed by atoms with Crippen LogP contribution in [0.5, 0.6) is 0 Å². The number of rotatable bonds is 4. The number of carbonyl (C=O) groups excluding carboxylic acids is 1. The van der Waals surface area contributed by atoms with Crippen LogP contribution in [0.4, 0.5) is 8.78 Å². The molecule has 0 spiro atoms. The molecule has 0 N–H and O–H groups in total. The minimum absolute atomic E-state index is 0.153. The molecule has 4 heteroatoms. The largest absolute Gasteiger partial charge is 0.335 e. The molecule has 0 fully saturated rings. The van der Waals surface area contributed by atoms with E-state index in [-0.39, 0.29) is 11.9 Å². The molecule has 0 bridgehead atoms. The fourth-order valence-electron chi connectivity index (χ4n) is 2.26. The van der Waals surface area contributed by atoms with Crippen molar-refractivity contribution in [2.75, 3.05) is 7.05 Å². The molecule has 0 saturated heterocycles. The zero-order valence-corrected chi connectivity index (χ0v) is 12.9. The maximum atomic E-state index is 13.3. The van der Waals surface area contributed by atoms with Crippen LogP contribution in [0.25, 0.3) is 0 Å². The van der Waals surface area contributed by atoms with Crippen molar-refractivity contribution in [3.8, 4) is 0 Å². The molecule has 0 aromatic heterocycles. The van der Waals surface area contributed by atoms with Crippen molar-refractivity contribution in [1.82, 2.24) is 4.90 Å². The van der Waals surface area contributed by atoms with Crippen molar-refractivity contribution >= 4 is 5.91 Å². The van der Waals surface area contributed by atoms with Crippen molar-refractivity contribution in [3.63, 3.8) is 0 Å². The molecule has 1 amide bonds. The van der Waals surface area contributed by atoms with Gasteiger partial charge in [0.2, 0.25) is 0 Å². The van der Waals surface area contributed by atoms with Crippen molar-refractivity contribution < 1.29 is 13.6 Å². The molecule has 116 valence electrons. The van der Waals surface area contributed by atoms with Gasteiger partial charge in [0.25, 0.3) is 5.91 Å². The monoisotopic (exact) mass is 303 g/mol. The number of carbonyl (C=O) groups is 1. The first-order valence-corrected chi connectivity index (χ1v) is 7.25. The van der Waals surface area contributed by atoms with E-state index in [1.54, 1.807) is 26.1 Å². The Morgan fingerprint density at radius 2 is 1.73 bits per heavy atom. The molecule has 2 aromatic carbocycles. The summed E-state index contributed by atoms with van der Waals surface area (Å²) < 4.78 is 26.3.